The van der Waals surface area contributed by atoms with Crippen molar-refractivity contribution in [2.24, 2.45) is 28.6 Å². The Morgan fingerprint density at radius 2 is 1.55 bits per heavy atom. The zero-order valence-corrected chi connectivity index (χ0v) is 29.0. The van der Waals surface area contributed by atoms with Crippen molar-refractivity contribution in [3.63, 3.8) is 0 Å². The number of carbonyl (C=O) groups is 6. The molecule has 0 spiro atoms. The maximum absolute atomic E-state index is 14.1. The van der Waals surface area contributed by atoms with Crippen LogP contribution in [0.4, 0.5) is 4.79 Å². The molecule has 0 bridgehead atoms. The fourth-order valence-electron chi connectivity index (χ4n) is 6.79. The minimum atomic E-state index is -1.07. The van der Waals surface area contributed by atoms with Gasteiger partial charge in [-0.3, -0.25) is 24.0 Å². The van der Waals surface area contributed by atoms with Crippen molar-refractivity contribution in [1.29, 1.82) is 0 Å². The van der Waals surface area contributed by atoms with Gasteiger partial charge in [-0.1, -0.05) is 71.4 Å². The molecule has 1 saturated heterocycles. The van der Waals surface area contributed by atoms with E-state index < -0.39 is 58.6 Å². The van der Waals surface area contributed by atoms with E-state index in [0.29, 0.717) is 19.4 Å². The Kier molecular flexibility index (Phi) is 10.4. The number of amides is 6. The Hall–Kier alpha value is -3.96. The van der Waals surface area contributed by atoms with Crippen LogP contribution in [-0.2, 0) is 30.5 Å². The van der Waals surface area contributed by atoms with Gasteiger partial charge in [0, 0.05) is 18.6 Å². The number of fused-ring (bicyclic) bond motifs is 1. The van der Waals surface area contributed by atoms with E-state index in [4.69, 9.17) is 0 Å². The molecule has 3 aliphatic rings. The molecule has 12 nitrogen and oxygen atoms in total. The summed E-state index contributed by atoms with van der Waals surface area (Å²) in [5.41, 5.74) is -0.466. The Balaban J connectivity index is 1.45. The summed E-state index contributed by atoms with van der Waals surface area (Å²) in [6, 6.07) is 5.98. The lowest BCUT2D eigenvalue weighted by atomic mass is 9.77. The van der Waals surface area contributed by atoms with Gasteiger partial charge in [-0.25, -0.2) is 4.79 Å². The topological polar surface area (TPSA) is 166 Å². The van der Waals surface area contributed by atoms with Crippen LogP contribution in [-0.4, -0.2) is 77.1 Å². The monoisotopic (exact) mass is 652 g/mol. The maximum Gasteiger partial charge on any atom is 0.315 e. The highest BCUT2D eigenvalue weighted by molar-refractivity contribution is 6.38. The number of ketones is 1. The average Bonchev–Trinajstić information content (AvgIpc) is 3.26. The van der Waals surface area contributed by atoms with Gasteiger partial charge >= 0.3 is 6.03 Å². The molecule has 0 aromatic heterocycles. The first-order valence-electron chi connectivity index (χ1n) is 16.6. The van der Waals surface area contributed by atoms with Crippen LogP contribution in [0.15, 0.2) is 30.3 Å². The summed E-state index contributed by atoms with van der Waals surface area (Å²) in [6.45, 7) is 15.5. The van der Waals surface area contributed by atoms with Gasteiger partial charge in [0.15, 0.2) is 0 Å². The number of hydrogen-bond acceptors (Lipinski definition) is 6. The molecule has 1 aromatic rings. The van der Waals surface area contributed by atoms with E-state index in [9.17, 15) is 28.8 Å². The molecule has 5 N–H and O–H groups in total. The second kappa shape index (κ2) is 13.6. The average molecular weight is 653 g/mol. The van der Waals surface area contributed by atoms with Gasteiger partial charge in [0.1, 0.15) is 18.1 Å². The van der Waals surface area contributed by atoms with E-state index in [1.807, 2.05) is 71.9 Å². The van der Waals surface area contributed by atoms with Crippen molar-refractivity contribution in [2.45, 2.75) is 105 Å². The number of carbonyl (C=O) groups excluding carboxylic acids is 6. The number of likely N-dealkylation sites (tertiary alicyclic amines) is 1. The van der Waals surface area contributed by atoms with Crippen molar-refractivity contribution in [2.75, 3.05) is 13.1 Å². The third-order valence-electron chi connectivity index (χ3n) is 9.80. The molecule has 3 fully saturated rings. The molecule has 1 unspecified atom stereocenters. The van der Waals surface area contributed by atoms with Crippen molar-refractivity contribution in [3.05, 3.63) is 35.9 Å². The Bertz CT molecular complexity index is 1380. The molecule has 1 aromatic carbocycles. The van der Waals surface area contributed by atoms with Crippen LogP contribution in [0.5, 0.6) is 0 Å². The molecule has 5 atom stereocenters. The van der Waals surface area contributed by atoms with Gasteiger partial charge in [-0.15, -0.1) is 0 Å². The SMILES string of the molecule is CC(C)(C)NC(=O)N[C@H](C(=O)N1C[C@H]2[C@@H]([C@H]1C(=O)NC(C(=O)C(=O)NCC(=O)NCc1ccccc1)C1CCC1)C2(C)C)C(C)(C)C. The maximum atomic E-state index is 14.1. The first-order valence-corrected chi connectivity index (χ1v) is 16.6. The Labute approximate surface area is 277 Å². The van der Waals surface area contributed by atoms with Crippen LogP contribution >= 0.6 is 0 Å². The van der Waals surface area contributed by atoms with Crippen molar-refractivity contribution in [1.82, 2.24) is 31.5 Å². The van der Waals surface area contributed by atoms with Crippen molar-refractivity contribution >= 4 is 35.4 Å². The molecule has 2 aliphatic carbocycles. The van der Waals surface area contributed by atoms with Crippen LogP contribution < -0.4 is 26.6 Å². The van der Waals surface area contributed by atoms with Crippen LogP contribution in [0.1, 0.15) is 80.2 Å². The minimum Gasteiger partial charge on any atom is -0.350 e. The van der Waals surface area contributed by atoms with Crippen LogP contribution in [0.25, 0.3) is 0 Å². The van der Waals surface area contributed by atoms with Gasteiger partial charge in [0.25, 0.3) is 5.91 Å². The quantitative estimate of drug-likeness (QED) is 0.230. The lowest BCUT2D eigenvalue weighted by Gasteiger charge is -2.39. The van der Waals surface area contributed by atoms with Crippen LogP contribution in [0.3, 0.4) is 0 Å². The van der Waals surface area contributed by atoms with Gasteiger partial charge in [0.2, 0.25) is 23.5 Å². The largest absolute Gasteiger partial charge is 0.350 e. The summed E-state index contributed by atoms with van der Waals surface area (Å²) in [7, 11) is 0. The van der Waals surface area contributed by atoms with E-state index >= 15 is 0 Å². The number of hydrogen-bond donors (Lipinski definition) is 5. The fourth-order valence-corrected chi connectivity index (χ4v) is 6.79. The summed E-state index contributed by atoms with van der Waals surface area (Å²) in [5.74, 6) is -3.31. The van der Waals surface area contributed by atoms with E-state index in [-0.39, 0.29) is 42.2 Å². The third-order valence-corrected chi connectivity index (χ3v) is 9.80. The molecule has 258 valence electrons. The summed E-state index contributed by atoms with van der Waals surface area (Å²) >= 11 is 0. The zero-order chi connectivity index (χ0) is 34.9. The summed E-state index contributed by atoms with van der Waals surface area (Å²) < 4.78 is 0. The molecule has 1 heterocycles. The number of Topliss-reactive ketones (excluding diaryl/α,β-unsaturated/α-hetero) is 1. The molecule has 4 rings (SSSR count). The fraction of sp³-hybridized carbons (Fsp3) is 0.657. The predicted molar refractivity (Wildman–Crippen MR) is 177 cm³/mol. The lowest BCUT2D eigenvalue weighted by molar-refractivity contribution is -0.146. The molecule has 47 heavy (non-hydrogen) atoms. The minimum absolute atomic E-state index is 0.0850. The highest BCUT2D eigenvalue weighted by atomic mass is 16.2. The lowest BCUT2D eigenvalue weighted by Crippen LogP contribution is -2.62. The number of rotatable bonds is 11. The molecule has 0 radical (unpaired) electrons. The Morgan fingerprint density at radius 1 is 0.915 bits per heavy atom. The van der Waals surface area contributed by atoms with E-state index in [1.54, 1.807) is 4.90 Å². The highest BCUT2D eigenvalue weighted by Gasteiger charge is 2.70. The molecular formula is C35H52N6O6. The van der Waals surface area contributed by atoms with Gasteiger partial charge < -0.3 is 31.5 Å². The summed E-state index contributed by atoms with van der Waals surface area (Å²) in [5, 5.41) is 13.7. The van der Waals surface area contributed by atoms with E-state index in [2.05, 4.69) is 40.4 Å². The standard InChI is InChI=1S/C35H52N6O6/c1-33(2,3)28(39-32(47)40-34(4,5)6)31(46)41-19-22-24(35(22,7)8)26(41)29(44)38-25(21-15-12-16-21)27(43)30(45)37-18-23(42)36-17-20-13-10-9-11-14-20/h9-11,13-14,21-22,24-26,28H,12,15-19H2,1-8H3,(H,36,42)(H,37,45)(H,38,44)(H2,39,40,47)/t22-,24-,25?,26-,28+/m0/s1. The van der Waals surface area contributed by atoms with Crippen molar-refractivity contribution in [3.8, 4) is 0 Å². The predicted octanol–water partition coefficient (Wildman–Crippen LogP) is 2.27. The third kappa shape index (κ3) is 8.50. The highest BCUT2D eigenvalue weighted by Crippen LogP contribution is 2.65. The van der Waals surface area contributed by atoms with Gasteiger partial charge in [-0.05, 0) is 67.8 Å². The Morgan fingerprint density at radius 3 is 2.11 bits per heavy atom. The molecule has 2 saturated carbocycles. The molecule has 12 heteroatoms. The molecule has 1 aliphatic heterocycles. The smallest absolute Gasteiger partial charge is 0.315 e. The second-order valence-electron chi connectivity index (χ2n) is 16.0. The second-order valence-corrected chi connectivity index (χ2v) is 16.0. The van der Waals surface area contributed by atoms with Crippen molar-refractivity contribution < 1.29 is 28.8 Å². The molecular weight excluding hydrogens is 600 g/mol. The van der Waals surface area contributed by atoms with E-state index in [1.165, 1.54) is 0 Å². The summed E-state index contributed by atoms with van der Waals surface area (Å²) in [4.78, 5) is 81.4. The van der Waals surface area contributed by atoms with E-state index in [0.717, 1.165) is 12.0 Å². The molecule has 6 amide bonds. The van der Waals surface area contributed by atoms with Crippen LogP contribution in [0.2, 0.25) is 0 Å². The van der Waals surface area contributed by atoms with Crippen LogP contribution in [0, 0.1) is 28.6 Å². The number of urea groups is 1. The normalized spacial score (nSPS) is 22.9. The summed E-state index contributed by atoms with van der Waals surface area (Å²) in [6.07, 6.45) is 2.21. The first-order chi connectivity index (χ1) is 21.8. The first kappa shape index (κ1) is 35.9. The number of nitrogens with zero attached hydrogens (tertiary/aromatic N) is 1. The number of benzene rings is 1. The number of piperidine rings is 1. The number of nitrogens with one attached hydrogen (secondary N) is 5. The van der Waals surface area contributed by atoms with Gasteiger partial charge in [-0.2, -0.15) is 0 Å². The zero-order valence-electron chi connectivity index (χ0n) is 29.0. The van der Waals surface area contributed by atoms with Gasteiger partial charge in [0.05, 0.1) is 6.54 Å².